The Kier molecular flexibility index (Phi) is 7.79. The van der Waals surface area contributed by atoms with E-state index in [4.69, 9.17) is 9.47 Å². The Morgan fingerprint density at radius 3 is 2.33 bits per heavy atom. The fourth-order valence-electron chi connectivity index (χ4n) is 2.75. The van der Waals surface area contributed by atoms with Crippen molar-refractivity contribution < 1.29 is 19.4 Å². The monoisotopic (exact) mass is 372 g/mol. The number of phenolic OH excluding ortho intramolecular Hbond substituents is 1. The Hall–Kier alpha value is -2.89. The van der Waals surface area contributed by atoms with E-state index in [1.165, 1.54) is 0 Å². The van der Waals surface area contributed by atoms with Crippen LogP contribution >= 0.6 is 0 Å². The molecular weight excluding hydrogens is 344 g/mol. The SMILES string of the molecule is COc1ccc(CCNC(=O)N[C@@H](C)CCc2ccc(O)cc2)cc1OC. The van der Waals surface area contributed by atoms with Crippen molar-refractivity contribution in [1.29, 1.82) is 0 Å². The van der Waals surface area contributed by atoms with Gasteiger partial charge >= 0.3 is 6.03 Å². The van der Waals surface area contributed by atoms with Gasteiger partial charge in [-0.3, -0.25) is 0 Å². The molecular formula is C21H28N2O4. The van der Waals surface area contributed by atoms with Gasteiger partial charge in [0, 0.05) is 12.6 Å². The van der Waals surface area contributed by atoms with Gasteiger partial charge in [-0.15, -0.1) is 0 Å². The van der Waals surface area contributed by atoms with Crippen LogP contribution in [0.5, 0.6) is 17.2 Å². The third-order valence-electron chi connectivity index (χ3n) is 4.33. The van der Waals surface area contributed by atoms with Crippen LogP contribution < -0.4 is 20.1 Å². The molecule has 0 aliphatic carbocycles. The lowest BCUT2D eigenvalue weighted by atomic mass is 10.1. The summed E-state index contributed by atoms with van der Waals surface area (Å²) < 4.78 is 10.5. The molecule has 146 valence electrons. The largest absolute Gasteiger partial charge is 0.508 e. The van der Waals surface area contributed by atoms with Gasteiger partial charge in [0.2, 0.25) is 0 Å². The number of hydrogen-bond donors (Lipinski definition) is 3. The molecule has 27 heavy (non-hydrogen) atoms. The minimum Gasteiger partial charge on any atom is -0.508 e. The van der Waals surface area contributed by atoms with E-state index in [2.05, 4.69) is 10.6 Å². The number of ether oxygens (including phenoxy) is 2. The van der Waals surface area contributed by atoms with E-state index in [-0.39, 0.29) is 17.8 Å². The van der Waals surface area contributed by atoms with Gasteiger partial charge in [-0.2, -0.15) is 0 Å². The van der Waals surface area contributed by atoms with Gasteiger partial charge in [-0.1, -0.05) is 18.2 Å². The van der Waals surface area contributed by atoms with Crippen molar-refractivity contribution in [3.05, 3.63) is 53.6 Å². The van der Waals surface area contributed by atoms with Crippen LogP contribution in [0.3, 0.4) is 0 Å². The molecule has 0 radical (unpaired) electrons. The van der Waals surface area contributed by atoms with Crippen LogP contribution in [0.4, 0.5) is 4.79 Å². The Morgan fingerprint density at radius 1 is 1.00 bits per heavy atom. The zero-order chi connectivity index (χ0) is 19.6. The normalized spacial score (nSPS) is 11.5. The zero-order valence-electron chi connectivity index (χ0n) is 16.1. The summed E-state index contributed by atoms with van der Waals surface area (Å²) in [5.74, 6) is 1.63. The quantitative estimate of drug-likeness (QED) is 0.631. The molecule has 0 heterocycles. The average Bonchev–Trinajstić information content (AvgIpc) is 2.67. The fraction of sp³-hybridized carbons (Fsp3) is 0.381. The number of hydrogen-bond acceptors (Lipinski definition) is 4. The maximum atomic E-state index is 12.0. The molecule has 0 aliphatic rings. The summed E-state index contributed by atoms with van der Waals surface area (Å²) >= 11 is 0. The number of aromatic hydroxyl groups is 1. The summed E-state index contributed by atoms with van der Waals surface area (Å²) in [6, 6.07) is 12.8. The molecule has 3 N–H and O–H groups in total. The van der Waals surface area contributed by atoms with E-state index < -0.39 is 0 Å². The second kappa shape index (κ2) is 10.3. The molecule has 6 nitrogen and oxygen atoms in total. The molecule has 6 heteroatoms. The van der Waals surface area contributed by atoms with Crippen molar-refractivity contribution in [3.8, 4) is 17.2 Å². The number of amides is 2. The van der Waals surface area contributed by atoms with Crippen LogP contribution in [0, 0.1) is 0 Å². The number of carbonyl (C=O) groups excluding carboxylic acids is 1. The second-order valence-corrected chi connectivity index (χ2v) is 6.45. The summed E-state index contributed by atoms with van der Waals surface area (Å²) in [6.45, 7) is 2.51. The Bertz CT molecular complexity index is 731. The van der Waals surface area contributed by atoms with Gasteiger partial charge in [-0.25, -0.2) is 4.79 Å². The number of benzene rings is 2. The minimum atomic E-state index is -0.173. The summed E-state index contributed by atoms with van der Waals surface area (Å²) in [4.78, 5) is 12.0. The predicted molar refractivity (Wildman–Crippen MR) is 106 cm³/mol. The number of nitrogens with one attached hydrogen (secondary N) is 2. The van der Waals surface area contributed by atoms with E-state index in [0.717, 1.165) is 24.0 Å². The third-order valence-corrected chi connectivity index (χ3v) is 4.33. The number of carbonyl (C=O) groups is 1. The van der Waals surface area contributed by atoms with Gasteiger partial charge in [0.05, 0.1) is 14.2 Å². The first-order valence-electron chi connectivity index (χ1n) is 9.05. The zero-order valence-corrected chi connectivity index (χ0v) is 16.1. The van der Waals surface area contributed by atoms with Crippen LogP contribution in [-0.2, 0) is 12.8 Å². The van der Waals surface area contributed by atoms with E-state index in [9.17, 15) is 9.90 Å². The van der Waals surface area contributed by atoms with Crippen molar-refractivity contribution in [2.75, 3.05) is 20.8 Å². The molecule has 2 aromatic carbocycles. The molecule has 1 atom stereocenters. The second-order valence-electron chi connectivity index (χ2n) is 6.45. The molecule has 2 aromatic rings. The van der Waals surface area contributed by atoms with E-state index >= 15 is 0 Å². The Labute approximate surface area is 160 Å². The van der Waals surface area contributed by atoms with Crippen LogP contribution in [-0.4, -0.2) is 37.9 Å². The molecule has 0 unspecified atom stereocenters. The highest BCUT2D eigenvalue weighted by atomic mass is 16.5. The predicted octanol–water partition coefficient (Wildman–Crippen LogP) is 3.27. The Balaban J connectivity index is 1.70. The van der Waals surface area contributed by atoms with Gasteiger partial charge in [0.1, 0.15) is 5.75 Å². The van der Waals surface area contributed by atoms with E-state index in [1.807, 2.05) is 37.3 Å². The maximum absolute atomic E-state index is 12.0. The first-order chi connectivity index (χ1) is 13.0. The number of urea groups is 1. The van der Waals surface area contributed by atoms with E-state index in [0.29, 0.717) is 24.5 Å². The lowest BCUT2D eigenvalue weighted by Gasteiger charge is -2.15. The highest BCUT2D eigenvalue weighted by Gasteiger charge is 2.08. The minimum absolute atomic E-state index is 0.0554. The molecule has 0 saturated heterocycles. The Morgan fingerprint density at radius 2 is 1.67 bits per heavy atom. The number of methoxy groups -OCH3 is 2. The fourth-order valence-corrected chi connectivity index (χ4v) is 2.75. The first-order valence-corrected chi connectivity index (χ1v) is 9.05. The summed E-state index contributed by atoms with van der Waals surface area (Å²) in [6.07, 6.45) is 2.37. The van der Waals surface area contributed by atoms with Crippen molar-refractivity contribution in [3.63, 3.8) is 0 Å². The average molecular weight is 372 g/mol. The highest BCUT2D eigenvalue weighted by Crippen LogP contribution is 2.27. The van der Waals surface area contributed by atoms with Gasteiger partial charge in [0.25, 0.3) is 0 Å². The molecule has 2 amide bonds. The summed E-state index contributed by atoms with van der Waals surface area (Å²) in [7, 11) is 3.21. The summed E-state index contributed by atoms with van der Waals surface area (Å²) in [5.41, 5.74) is 2.20. The van der Waals surface area contributed by atoms with Crippen molar-refractivity contribution >= 4 is 6.03 Å². The van der Waals surface area contributed by atoms with Gasteiger partial charge in [0.15, 0.2) is 11.5 Å². The number of rotatable bonds is 9. The van der Waals surface area contributed by atoms with Crippen LogP contribution in [0.1, 0.15) is 24.5 Å². The van der Waals surface area contributed by atoms with E-state index in [1.54, 1.807) is 26.4 Å². The number of aryl methyl sites for hydroxylation is 1. The molecule has 0 saturated carbocycles. The molecule has 0 aliphatic heterocycles. The molecule has 0 spiro atoms. The lowest BCUT2D eigenvalue weighted by Crippen LogP contribution is -2.41. The maximum Gasteiger partial charge on any atom is 0.315 e. The lowest BCUT2D eigenvalue weighted by molar-refractivity contribution is 0.237. The number of phenols is 1. The van der Waals surface area contributed by atoms with Crippen molar-refractivity contribution in [2.24, 2.45) is 0 Å². The molecule has 0 bridgehead atoms. The van der Waals surface area contributed by atoms with Crippen molar-refractivity contribution in [1.82, 2.24) is 10.6 Å². The highest BCUT2D eigenvalue weighted by molar-refractivity contribution is 5.74. The van der Waals surface area contributed by atoms with Gasteiger partial charge < -0.3 is 25.2 Å². The van der Waals surface area contributed by atoms with Crippen LogP contribution in [0.25, 0.3) is 0 Å². The third kappa shape index (κ3) is 6.73. The van der Waals surface area contributed by atoms with Gasteiger partial charge in [-0.05, 0) is 61.6 Å². The van der Waals surface area contributed by atoms with Crippen molar-refractivity contribution in [2.45, 2.75) is 32.2 Å². The van der Waals surface area contributed by atoms with Crippen LogP contribution in [0.2, 0.25) is 0 Å². The summed E-state index contributed by atoms with van der Waals surface area (Å²) in [5, 5.41) is 15.1. The van der Waals surface area contributed by atoms with Crippen LogP contribution in [0.15, 0.2) is 42.5 Å². The standard InChI is InChI=1S/C21H28N2O4/c1-15(4-5-16-6-9-18(24)10-7-16)23-21(25)22-13-12-17-8-11-19(26-2)20(14-17)27-3/h6-11,14-15,24H,4-5,12-13H2,1-3H3,(H2,22,23,25)/t15-/m0/s1. The molecule has 0 aromatic heterocycles. The topological polar surface area (TPSA) is 79.8 Å². The first kappa shape index (κ1) is 20.4. The smallest absolute Gasteiger partial charge is 0.315 e. The molecule has 0 fully saturated rings. The molecule has 2 rings (SSSR count).